The van der Waals surface area contributed by atoms with Crippen molar-refractivity contribution < 1.29 is 4.74 Å². The van der Waals surface area contributed by atoms with Gasteiger partial charge in [0.15, 0.2) is 0 Å². The molecule has 1 fully saturated rings. The van der Waals surface area contributed by atoms with Crippen molar-refractivity contribution >= 4 is 0 Å². The Morgan fingerprint density at radius 3 is 2.78 bits per heavy atom. The molecule has 0 N–H and O–H groups in total. The molecule has 1 aliphatic carbocycles. The van der Waals surface area contributed by atoms with Gasteiger partial charge >= 0.3 is 0 Å². The first-order valence-corrected chi connectivity index (χ1v) is 3.15. The fourth-order valence-corrected chi connectivity index (χ4v) is 0.997. The molecule has 0 aliphatic heterocycles. The largest absolute Gasteiger partial charge is 0.501 e. The number of methoxy groups -OCH3 is 1. The number of rotatable bonds is 3. The first-order chi connectivity index (χ1) is 4.29. The molecular weight excluding hydrogens is 112 g/mol. The summed E-state index contributed by atoms with van der Waals surface area (Å²) in [5.41, 5.74) is 0. The van der Waals surface area contributed by atoms with Crippen LogP contribution in [0.25, 0.3) is 0 Å². The molecular formula is C8H12O. The maximum atomic E-state index is 4.96. The van der Waals surface area contributed by atoms with Crippen molar-refractivity contribution in [3.63, 3.8) is 0 Å². The monoisotopic (exact) mass is 124 g/mol. The number of allylic oxidation sites excluding steroid dienone is 2. The molecule has 1 rings (SSSR count). The predicted octanol–water partition coefficient (Wildman–Crippen LogP) is 1.97. The minimum atomic E-state index is 0.562. The van der Waals surface area contributed by atoms with Gasteiger partial charge in [-0.2, -0.15) is 0 Å². The van der Waals surface area contributed by atoms with Crippen molar-refractivity contribution in [3.05, 3.63) is 25.0 Å². The summed E-state index contributed by atoms with van der Waals surface area (Å²) in [6.45, 7) is 7.46. The van der Waals surface area contributed by atoms with E-state index >= 15 is 0 Å². The van der Waals surface area contributed by atoms with E-state index in [2.05, 4.69) is 13.2 Å². The topological polar surface area (TPSA) is 9.23 Å². The lowest BCUT2D eigenvalue weighted by Gasteiger charge is -1.99. The molecule has 1 aliphatic rings. The zero-order chi connectivity index (χ0) is 6.85. The maximum Gasteiger partial charge on any atom is 0.0920 e. The molecule has 0 aromatic heterocycles. The second-order valence-electron chi connectivity index (χ2n) is 2.41. The van der Waals surface area contributed by atoms with E-state index in [4.69, 9.17) is 4.74 Å². The van der Waals surface area contributed by atoms with Crippen molar-refractivity contribution in [1.29, 1.82) is 0 Å². The first kappa shape index (κ1) is 6.40. The van der Waals surface area contributed by atoms with Crippen LogP contribution in [0.15, 0.2) is 25.0 Å². The van der Waals surface area contributed by atoms with E-state index in [1.54, 1.807) is 7.11 Å². The van der Waals surface area contributed by atoms with Crippen LogP contribution < -0.4 is 0 Å². The Hall–Kier alpha value is -0.720. The lowest BCUT2D eigenvalue weighted by Crippen LogP contribution is -1.87. The quantitative estimate of drug-likeness (QED) is 0.413. The molecule has 1 heteroatoms. The maximum absolute atomic E-state index is 4.96. The van der Waals surface area contributed by atoms with Crippen LogP contribution in [0.4, 0.5) is 0 Å². The van der Waals surface area contributed by atoms with Gasteiger partial charge in [0.1, 0.15) is 0 Å². The molecule has 50 valence electrons. The normalized spacial score (nSPS) is 31.2. The lowest BCUT2D eigenvalue weighted by atomic mass is 10.3. The molecule has 0 amide bonds. The van der Waals surface area contributed by atoms with Crippen LogP contribution in [-0.2, 0) is 4.74 Å². The zero-order valence-corrected chi connectivity index (χ0v) is 5.76. The van der Waals surface area contributed by atoms with Gasteiger partial charge in [-0.05, 0) is 12.3 Å². The van der Waals surface area contributed by atoms with Gasteiger partial charge in [-0.15, -0.1) is 6.58 Å². The number of ether oxygens (including phenoxy) is 1. The standard InChI is InChI=1S/C8H12O/c1-4-7-5-8(7)6(2)9-3/h4,7-8H,1-2,5H2,3H3/t7-,8-/m1/s1. The molecule has 0 aromatic rings. The van der Waals surface area contributed by atoms with Crippen molar-refractivity contribution in [2.45, 2.75) is 6.42 Å². The molecule has 1 saturated carbocycles. The smallest absolute Gasteiger partial charge is 0.0920 e. The van der Waals surface area contributed by atoms with Crippen LogP contribution in [0.1, 0.15) is 6.42 Å². The van der Waals surface area contributed by atoms with Crippen molar-refractivity contribution in [2.75, 3.05) is 7.11 Å². The Labute approximate surface area is 56.0 Å². The zero-order valence-electron chi connectivity index (χ0n) is 5.76. The van der Waals surface area contributed by atoms with Crippen LogP contribution in [0.2, 0.25) is 0 Å². The predicted molar refractivity (Wildman–Crippen MR) is 37.9 cm³/mol. The van der Waals surface area contributed by atoms with Gasteiger partial charge in [0.05, 0.1) is 12.9 Å². The summed E-state index contributed by atoms with van der Waals surface area (Å²) in [5.74, 6) is 2.10. The second-order valence-corrected chi connectivity index (χ2v) is 2.41. The third-order valence-corrected chi connectivity index (χ3v) is 1.82. The van der Waals surface area contributed by atoms with E-state index in [-0.39, 0.29) is 0 Å². The fourth-order valence-electron chi connectivity index (χ4n) is 0.997. The Kier molecular flexibility index (Phi) is 1.60. The van der Waals surface area contributed by atoms with E-state index in [1.807, 2.05) is 6.08 Å². The molecule has 0 saturated heterocycles. The molecule has 1 nitrogen and oxygen atoms in total. The molecule has 0 heterocycles. The van der Waals surface area contributed by atoms with Crippen LogP contribution >= 0.6 is 0 Å². The van der Waals surface area contributed by atoms with Gasteiger partial charge in [0.25, 0.3) is 0 Å². The average molecular weight is 124 g/mol. The van der Waals surface area contributed by atoms with Crippen molar-refractivity contribution in [1.82, 2.24) is 0 Å². The highest BCUT2D eigenvalue weighted by molar-refractivity contribution is 5.11. The Balaban J connectivity index is 2.33. The molecule has 0 radical (unpaired) electrons. The number of hydrogen-bond donors (Lipinski definition) is 0. The Bertz CT molecular complexity index is 138. The van der Waals surface area contributed by atoms with E-state index in [0.717, 1.165) is 5.76 Å². The highest BCUT2D eigenvalue weighted by atomic mass is 16.5. The van der Waals surface area contributed by atoms with Gasteiger partial charge in [-0.25, -0.2) is 0 Å². The highest BCUT2D eigenvalue weighted by Gasteiger charge is 2.37. The molecule has 0 unspecified atom stereocenters. The summed E-state index contributed by atoms with van der Waals surface area (Å²) in [6, 6.07) is 0. The molecule has 0 spiro atoms. The van der Waals surface area contributed by atoms with Gasteiger partial charge in [0, 0.05) is 5.92 Å². The third kappa shape index (κ3) is 1.15. The summed E-state index contributed by atoms with van der Waals surface area (Å²) >= 11 is 0. The van der Waals surface area contributed by atoms with Gasteiger partial charge < -0.3 is 4.74 Å². The molecule has 9 heavy (non-hydrogen) atoms. The van der Waals surface area contributed by atoms with E-state index < -0.39 is 0 Å². The van der Waals surface area contributed by atoms with Gasteiger partial charge in [-0.3, -0.25) is 0 Å². The van der Waals surface area contributed by atoms with E-state index in [9.17, 15) is 0 Å². The fraction of sp³-hybridized carbons (Fsp3) is 0.500. The van der Waals surface area contributed by atoms with Crippen molar-refractivity contribution in [3.8, 4) is 0 Å². The van der Waals surface area contributed by atoms with Gasteiger partial charge in [0.2, 0.25) is 0 Å². The molecule has 0 bridgehead atoms. The summed E-state index contributed by atoms with van der Waals surface area (Å²) < 4.78 is 4.96. The van der Waals surface area contributed by atoms with E-state index in [0.29, 0.717) is 11.8 Å². The van der Waals surface area contributed by atoms with Crippen LogP contribution in [-0.4, -0.2) is 7.11 Å². The Morgan fingerprint density at radius 2 is 2.44 bits per heavy atom. The summed E-state index contributed by atoms with van der Waals surface area (Å²) in [4.78, 5) is 0. The summed E-state index contributed by atoms with van der Waals surface area (Å²) in [5, 5.41) is 0. The second kappa shape index (κ2) is 2.26. The summed E-state index contributed by atoms with van der Waals surface area (Å²) in [6.07, 6.45) is 3.14. The third-order valence-electron chi connectivity index (χ3n) is 1.82. The highest BCUT2D eigenvalue weighted by Crippen LogP contribution is 2.44. The van der Waals surface area contributed by atoms with Crippen LogP contribution in [0, 0.1) is 11.8 Å². The minimum Gasteiger partial charge on any atom is -0.501 e. The molecule has 0 aromatic carbocycles. The van der Waals surface area contributed by atoms with Gasteiger partial charge in [-0.1, -0.05) is 12.7 Å². The molecule has 2 atom stereocenters. The van der Waals surface area contributed by atoms with E-state index in [1.165, 1.54) is 6.42 Å². The Morgan fingerprint density at radius 1 is 1.78 bits per heavy atom. The first-order valence-electron chi connectivity index (χ1n) is 3.15. The number of hydrogen-bond acceptors (Lipinski definition) is 1. The van der Waals surface area contributed by atoms with Crippen LogP contribution in [0.3, 0.4) is 0 Å². The SMILES string of the molecule is C=C[C@@H]1C[C@@H]1C(=C)OC. The van der Waals surface area contributed by atoms with Crippen LogP contribution in [0.5, 0.6) is 0 Å². The average Bonchev–Trinajstić information content (AvgIpc) is 2.64. The lowest BCUT2D eigenvalue weighted by molar-refractivity contribution is 0.270. The van der Waals surface area contributed by atoms with Crippen molar-refractivity contribution in [2.24, 2.45) is 11.8 Å². The summed E-state index contributed by atoms with van der Waals surface area (Å²) in [7, 11) is 1.67. The minimum absolute atomic E-state index is 0.562.